The van der Waals surface area contributed by atoms with E-state index in [1.807, 2.05) is 6.20 Å². The summed E-state index contributed by atoms with van der Waals surface area (Å²) in [5.74, 6) is 0. The van der Waals surface area contributed by atoms with Gasteiger partial charge in [0.1, 0.15) is 11.2 Å². The molecule has 3 heterocycles. The third-order valence-corrected chi connectivity index (χ3v) is 10.4. The van der Waals surface area contributed by atoms with Gasteiger partial charge in [0.2, 0.25) is 0 Å². The molecule has 0 N–H and O–H groups in total. The van der Waals surface area contributed by atoms with Gasteiger partial charge in [0, 0.05) is 50.3 Å². The van der Waals surface area contributed by atoms with Crippen LogP contribution in [-0.2, 0) is 0 Å². The Morgan fingerprint density at radius 3 is 2.00 bits per heavy atom. The van der Waals surface area contributed by atoms with Crippen LogP contribution < -0.4 is 0 Å². The van der Waals surface area contributed by atoms with E-state index in [0.29, 0.717) is 0 Å². The van der Waals surface area contributed by atoms with Crippen molar-refractivity contribution in [3.8, 4) is 28.1 Å². The number of benzene rings is 8. The van der Waals surface area contributed by atoms with E-state index in [2.05, 4.69) is 168 Å². The van der Waals surface area contributed by atoms with Gasteiger partial charge in [-0.15, -0.1) is 0 Å². The van der Waals surface area contributed by atoms with Gasteiger partial charge in [0.05, 0.1) is 22.4 Å². The third-order valence-electron chi connectivity index (χ3n) is 10.4. The molecule has 8 aromatic carbocycles. The Morgan fingerprint density at radius 1 is 0.420 bits per heavy atom. The summed E-state index contributed by atoms with van der Waals surface area (Å²) >= 11 is 0. The number of fused-ring (bicyclic) bond motifs is 11. The molecule has 11 rings (SSSR count). The largest absolute Gasteiger partial charge is 0.456 e. The van der Waals surface area contributed by atoms with E-state index in [9.17, 15) is 0 Å². The zero-order valence-corrected chi connectivity index (χ0v) is 27.0. The molecule has 3 aromatic heterocycles. The topological polar surface area (TPSA) is 31.0 Å². The van der Waals surface area contributed by atoms with Gasteiger partial charge in [-0.05, 0) is 62.8 Å². The van der Waals surface area contributed by atoms with Crippen LogP contribution in [0.25, 0.3) is 104 Å². The van der Waals surface area contributed by atoms with Crippen molar-refractivity contribution >= 4 is 76.1 Å². The smallest absolute Gasteiger partial charge is 0.138 e. The average Bonchev–Trinajstić information content (AvgIpc) is 3.73. The molecule has 0 aliphatic carbocycles. The molecule has 0 spiro atoms. The lowest BCUT2D eigenvalue weighted by atomic mass is 9.96. The summed E-state index contributed by atoms with van der Waals surface area (Å²) in [5, 5.41) is 12.0. The number of hydrogen-bond acceptors (Lipinski definition) is 2. The molecular weight excluding hydrogens is 609 g/mol. The van der Waals surface area contributed by atoms with E-state index in [0.717, 1.165) is 50.0 Å². The van der Waals surface area contributed by atoms with Gasteiger partial charge in [0.25, 0.3) is 0 Å². The summed E-state index contributed by atoms with van der Waals surface area (Å²) in [6.45, 7) is 0. The van der Waals surface area contributed by atoms with Crippen molar-refractivity contribution in [2.24, 2.45) is 0 Å². The maximum absolute atomic E-state index is 6.76. The number of pyridine rings is 1. The first-order chi connectivity index (χ1) is 24.8. The second-order valence-electron chi connectivity index (χ2n) is 13.1. The van der Waals surface area contributed by atoms with Gasteiger partial charge >= 0.3 is 0 Å². The number of aromatic nitrogens is 2. The molecule has 0 saturated heterocycles. The standard InChI is InChI=1S/C47H28N2O/c1-2-12-31-26-32(21-20-29(31)10-1)39-24-22-33(28-48-39)35-17-9-19-43-46(35)47-37-15-6-5-14-36(37)42(27-44(47)50-43)49-40-18-8-7-16-38(40)45-34-13-4-3-11-30(34)23-25-41(45)49/h1-28H. The Morgan fingerprint density at radius 2 is 1.14 bits per heavy atom. The van der Waals surface area contributed by atoms with E-state index < -0.39 is 0 Å². The monoisotopic (exact) mass is 636 g/mol. The summed E-state index contributed by atoms with van der Waals surface area (Å²) in [4.78, 5) is 4.96. The highest BCUT2D eigenvalue weighted by Gasteiger charge is 2.21. The van der Waals surface area contributed by atoms with Crippen LogP contribution in [0.4, 0.5) is 0 Å². The quantitative estimate of drug-likeness (QED) is 0.193. The predicted molar refractivity (Wildman–Crippen MR) is 209 cm³/mol. The van der Waals surface area contributed by atoms with Crippen molar-refractivity contribution in [2.75, 3.05) is 0 Å². The van der Waals surface area contributed by atoms with Crippen molar-refractivity contribution in [1.82, 2.24) is 9.55 Å². The summed E-state index contributed by atoms with van der Waals surface area (Å²) in [6.07, 6.45) is 2.00. The number of nitrogens with zero attached hydrogens (tertiary/aromatic N) is 2. The van der Waals surface area contributed by atoms with Crippen LogP contribution in [0.1, 0.15) is 0 Å². The maximum Gasteiger partial charge on any atom is 0.138 e. The zero-order valence-electron chi connectivity index (χ0n) is 27.0. The highest BCUT2D eigenvalue weighted by Crippen LogP contribution is 2.44. The number of furan rings is 1. The van der Waals surface area contributed by atoms with Crippen LogP contribution in [0.3, 0.4) is 0 Å². The lowest BCUT2D eigenvalue weighted by Gasteiger charge is -2.13. The average molecular weight is 637 g/mol. The van der Waals surface area contributed by atoms with Crippen molar-refractivity contribution in [3.63, 3.8) is 0 Å². The molecular formula is C47H28N2O. The first kappa shape index (κ1) is 27.3. The van der Waals surface area contributed by atoms with Crippen molar-refractivity contribution in [2.45, 2.75) is 0 Å². The van der Waals surface area contributed by atoms with Gasteiger partial charge < -0.3 is 8.98 Å². The van der Waals surface area contributed by atoms with Gasteiger partial charge in [-0.3, -0.25) is 4.98 Å². The SMILES string of the molecule is c1ccc2cc(-c3ccc(-c4cccc5oc6cc(-n7c8ccccc8c8c9ccccc9ccc87)c7ccccc7c6c45)cn3)ccc2c1. The van der Waals surface area contributed by atoms with Crippen LogP contribution in [0, 0.1) is 0 Å². The molecule has 0 unspecified atom stereocenters. The molecule has 0 aliphatic heterocycles. The van der Waals surface area contributed by atoms with E-state index in [1.165, 1.54) is 54.1 Å². The van der Waals surface area contributed by atoms with Crippen molar-refractivity contribution in [3.05, 3.63) is 170 Å². The Kier molecular flexibility index (Phi) is 5.67. The lowest BCUT2D eigenvalue weighted by Crippen LogP contribution is -1.95. The Hall–Kier alpha value is -6.71. The van der Waals surface area contributed by atoms with Gasteiger partial charge in [-0.25, -0.2) is 0 Å². The normalized spacial score (nSPS) is 12.0. The fourth-order valence-corrected chi connectivity index (χ4v) is 8.16. The minimum Gasteiger partial charge on any atom is -0.456 e. The summed E-state index contributed by atoms with van der Waals surface area (Å²) in [6, 6.07) is 58.5. The summed E-state index contributed by atoms with van der Waals surface area (Å²) in [5.41, 5.74) is 9.44. The molecule has 0 amide bonds. The number of para-hydroxylation sites is 1. The van der Waals surface area contributed by atoms with Crippen LogP contribution >= 0.6 is 0 Å². The molecule has 0 aliphatic rings. The second kappa shape index (κ2) is 10.4. The van der Waals surface area contributed by atoms with Gasteiger partial charge in [-0.2, -0.15) is 0 Å². The molecule has 0 fully saturated rings. The first-order valence-corrected chi connectivity index (χ1v) is 17.0. The molecule has 3 nitrogen and oxygen atoms in total. The molecule has 232 valence electrons. The van der Waals surface area contributed by atoms with Crippen LogP contribution in [0.15, 0.2) is 174 Å². The van der Waals surface area contributed by atoms with E-state index in [4.69, 9.17) is 9.40 Å². The van der Waals surface area contributed by atoms with E-state index in [-0.39, 0.29) is 0 Å². The first-order valence-electron chi connectivity index (χ1n) is 17.0. The van der Waals surface area contributed by atoms with Crippen molar-refractivity contribution in [1.29, 1.82) is 0 Å². The minimum absolute atomic E-state index is 0.867. The Labute approximate surface area is 287 Å². The third kappa shape index (κ3) is 3.89. The highest BCUT2D eigenvalue weighted by atomic mass is 16.3. The molecule has 0 atom stereocenters. The molecule has 50 heavy (non-hydrogen) atoms. The van der Waals surface area contributed by atoms with Crippen LogP contribution in [-0.4, -0.2) is 9.55 Å². The van der Waals surface area contributed by atoms with Gasteiger partial charge in [-0.1, -0.05) is 127 Å². The Balaban J connectivity index is 1.14. The second-order valence-corrected chi connectivity index (χ2v) is 13.1. The van der Waals surface area contributed by atoms with Crippen LogP contribution in [0.2, 0.25) is 0 Å². The molecule has 0 radical (unpaired) electrons. The molecule has 0 saturated carbocycles. The predicted octanol–water partition coefficient (Wildman–Crippen LogP) is 12.9. The summed E-state index contributed by atoms with van der Waals surface area (Å²) in [7, 11) is 0. The van der Waals surface area contributed by atoms with E-state index >= 15 is 0 Å². The highest BCUT2D eigenvalue weighted by molar-refractivity contribution is 6.26. The molecule has 3 heteroatoms. The molecule has 0 bridgehead atoms. The number of rotatable bonds is 3. The fourth-order valence-electron chi connectivity index (χ4n) is 8.16. The Bertz CT molecular complexity index is 3150. The van der Waals surface area contributed by atoms with Crippen molar-refractivity contribution < 1.29 is 4.42 Å². The lowest BCUT2D eigenvalue weighted by molar-refractivity contribution is 0.669. The van der Waals surface area contributed by atoms with Crippen LogP contribution in [0.5, 0.6) is 0 Å². The zero-order chi connectivity index (χ0) is 32.8. The number of hydrogen-bond donors (Lipinski definition) is 0. The summed E-state index contributed by atoms with van der Waals surface area (Å²) < 4.78 is 9.18. The van der Waals surface area contributed by atoms with Gasteiger partial charge in [0.15, 0.2) is 0 Å². The maximum atomic E-state index is 6.76. The minimum atomic E-state index is 0.867. The molecule has 11 aromatic rings. The van der Waals surface area contributed by atoms with E-state index in [1.54, 1.807) is 0 Å². The fraction of sp³-hybridized carbons (Fsp3) is 0.